The Morgan fingerprint density at radius 2 is 1.39 bits per heavy atom. The highest BCUT2D eigenvalue weighted by molar-refractivity contribution is 6.16. The Morgan fingerprint density at radius 3 is 2.18 bits per heavy atom. The van der Waals surface area contributed by atoms with Gasteiger partial charge in [-0.1, -0.05) is 60.7 Å². The highest BCUT2D eigenvalue weighted by atomic mass is 16.5. The minimum atomic E-state index is -0.286. The van der Waals surface area contributed by atoms with Crippen molar-refractivity contribution in [3.8, 4) is 11.5 Å². The molecule has 5 aromatic carbocycles. The molecule has 0 fully saturated rings. The number of fused-ring (bicyclic) bond motifs is 2. The Hall–Kier alpha value is -5.14. The second-order valence-corrected chi connectivity index (χ2v) is 10.9. The van der Waals surface area contributed by atoms with Gasteiger partial charge in [0.1, 0.15) is 0 Å². The molecule has 0 aromatic heterocycles. The van der Waals surface area contributed by atoms with Crippen LogP contribution in [-0.4, -0.2) is 44.0 Å². The van der Waals surface area contributed by atoms with Gasteiger partial charge < -0.3 is 20.1 Å². The molecule has 0 radical (unpaired) electrons. The number of para-hydroxylation sites is 1. The predicted molar refractivity (Wildman–Crippen MR) is 175 cm³/mol. The van der Waals surface area contributed by atoms with Crippen LogP contribution in [0, 0.1) is 0 Å². The van der Waals surface area contributed by atoms with E-state index in [9.17, 15) is 9.59 Å². The zero-order chi connectivity index (χ0) is 30.5. The number of hydrogen-bond acceptors (Lipinski definition) is 5. The van der Waals surface area contributed by atoms with Crippen molar-refractivity contribution in [2.45, 2.75) is 19.4 Å². The number of benzene rings is 5. The van der Waals surface area contributed by atoms with Crippen LogP contribution in [0.1, 0.15) is 37.4 Å². The predicted octanol–water partition coefficient (Wildman–Crippen LogP) is 6.96. The standard InChI is InChI=1S/C37H35N3O4/c1-43-34-22-27-19-21-40(24-28(27)23-35(34)44-2)20-18-25-14-16-29(17-15-25)38-37(42)32-11-5-6-13-33(32)39-36(41)31-12-7-9-26-8-3-4-10-30(26)31/h3-17,22-23H,18-21,24H2,1-2H3,(H,38,42)(H,39,41). The number of ether oxygens (including phenoxy) is 2. The monoisotopic (exact) mass is 585 g/mol. The molecule has 222 valence electrons. The van der Waals surface area contributed by atoms with Crippen LogP contribution in [-0.2, 0) is 19.4 Å². The molecule has 2 amide bonds. The summed E-state index contributed by atoms with van der Waals surface area (Å²) in [7, 11) is 3.34. The lowest BCUT2D eigenvalue weighted by Crippen LogP contribution is -2.32. The zero-order valence-corrected chi connectivity index (χ0v) is 24.9. The van der Waals surface area contributed by atoms with Gasteiger partial charge >= 0.3 is 0 Å². The molecule has 0 saturated carbocycles. The summed E-state index contributed by atoms with van der Waals surface area (Å²) >= 11 is 0. The molecule has 0 unspecified atom stereocenters. The Labute approximate surface area is 257 Å². The minimum Gasteiger partial charge on any atom is -0.493 e. The summed E-state index contributed by atoms with van der Waals surface area (Å²) in [6.07, 6.45) is 1.88. The number of anilines is 2. The van der Waals surface area contributed by atoms with Gasteiger partial charge in [-0.15, -0.1) is 0 Å². The Morgan fingerprint density at radius 1 is 0.727 bits per heavy atom. The number of nitrogens with zero attached hydrogens (tertiary/aromatic N) is 1. The maximum atomic E-state index is 13.3. The number of hydrogen-bond donors (Lipinski definition) is 2. The lowest BCUT2D eigenvalue weighted by atomic mass is 9.98. The van der Waals surface area contributed by atoms with Gasteiger partial charge in [-0.2, -0.15) is 0 Å². The maximum Gasteiger partial charge on any atom is 0.257 e. The van der Waals surface area contributed by atoms with Crippen LogP contribution >= 0.6 is 0 Å². The average Bonchev–Trinajstić information content (AvgIpc) is 3.07. The normalized spacial score (nSPS) is 12.8. The van der Waals surface area contributed by atoms with Crippen molar-refractivity contribution >= 4 is 34.0 Å². The quantitative estimate of drug-likeness (QED) is 0.196. The number of nitrogens with one attached hydrogen (secondary N) is 2. The smallest absolute Gasteiger partial charge is 0.257 e. The van der Waals surface area contributed by atoms with Crippen molar-refractivity contribution in [2.24, 2.45) is 0 Å². The molecule has 1 aliphatic heterocycles. The molecular formula is C37H35N3O4. The van der Waals surface area contributed by atoms with Gasteiger partial charge in [-0.25, -0.2) is 0 Å². The lowest BCUT2D eigenvalue weighted by molar-refractivity contribution is 0.102. The third kappa shape index (κ3) is 6.28. The van der Waals surface area contributed by atoms with Crippen molar-refractivity contribution in [1.82, 2.24) is 4.90 Å². The Kier molecular flexibility index (Phi) is 8.57. The van der Waals surface area contributed by atoms with Crippen molar-refractivity contribution < 1.29 is 19.1 Å². The van der Waals surface area contributed by atoms with E-state index in [-0.39, 0.29) is 11.8 Å². The molecule has 7 heteroatoms. The van der Waals surface area contributed by atoms with Crippen molar-refractivity contribution in [1.29, 1.82) is 0 Å². The molecule has 0 aliphatic carbocycles. The van der Waals surface area contributed by atoms with Crippen LogP contribution in [0.5, 0.6) is 11.5 Å². The highest BCUT2D eigenvalue weighted by Gasteiger charge is 2.20. The SMILES string of the molecule is COc1cc2c(cc1OC)CN(CCc1ccc(NC(=O)c3ccccc3NC(=O)c3cccc4ccccc34)cc1)CC2. The third-order valence-electron chi connectivity index (χ3n) is 8.18. The first-order valence-electron chi connectivity index (χ1n) is 14.8. The van der Waals surface area contributed by atoms with Gasteiger partial charge in [0.25, 0.3) is 11.8 Å². The fourth-order valence-corrected chi connectivity index (χ4v) is 5.78. The third-order valence-corrected chi connectivity index (χ3v) is 8.18. The molecule has 0 bridgehead atoms. The molecule has 1 aliphatic rings. The van der Waals surface area contributed by atoms with Crippen molar-refractivity contribution in [2.75, 3.05) is 37.9 Å². The van der Waals surface area contributed by atoms with E-state index in [2.05, 4.69) is 39.8 Å². The lowest BCUT2D eigenvalue weighted by Gasteiger charge is -2.29. The van der Waals surface area contributed by atoms with Gasteiger partial charge in [0.15, 0.2) is 11.5 Å². The van der Waals surface area contributed by atoms with E-state index in [1.54, 1.807) is 44.6 Å². The summed E-state index contributed by atoms with van der Waals surface area (Å²) in [6, 6.07) is 32.6. The van der Waals surface area contributed by atoms with Crippen LogP contribution in [0.4, 0.5) is 11.4 Å². The summed E-state index contributed by atoms with van der Waals surface area (Å²) in [5.74, 6) is 0.995. The maximum absolute atomic E-state index is 13.3. The topological polar surface area (TPSA) is 79.9 Å². The Bertz CT molecular complexity index is 1810. The summed E-state index contributed by atoms with van der Waals surface area (Å²) in [4.78, 5) is 29.0. The van der Waals surface area contributed by atoms with Crippen LogP contribution < -0.4 is 20.1 Å². The van der Waals surface area contributed by atoms with E-state index in [0.717, 1.165) is 54.7 Å². The molecule has 44 heavy (non-hydrogen) atoms. The van der Waals surface area contributed by atoms with Crippen LogP contribution in [0.3, 0.4) is 0 Å². The number of carbonyl (C=O) groups excluding carboxylic acids is 2. The first-order valence-corrected chi connectivity index (χ1v) is 14.8. The molecule has 0 spiro atoms. The molecule has 5 aromatic rings. The number of methoxy groups -OCH3 is 2. The van der Waals surface area contributed by atoms with Gasteiger partial charge in [-0.05, 0) is 82.8 Å². The van der Waals surface area contributed by atoms with E-state index < -0.39 is 0 Å². The fraction of sp³-hybridized carbons (Fsp3) is 0.189. The fourth-order valence-electron chi connectivity index (χ4n) is 5.78. The van der Waals surface area contributed by atoms with Crippen molar-refractivity contribution in [3.05, 3.63) is 131 Å². The van der Waals surface area contributed by atoms with Crippen molar-refractivity contribution in [3.63, 3.8) is 0 Å². The number of carbonyl (C=O) groups is 2. The van der Waals surface area contributed by atoms with Crippen LogP contribution in [0.15, 0.2) is 103 Å². The molecular weight excluding hydrogens is 550 g/mol. The summed E-state index contributed by atoms with van der Waals surface area (Å²) < 4.78 is 11.0. The summed E-state index contributed by atoms with van der Waals surface area (Å²) in [6.45, 7) is 2.80. The van der Waals surface area contributed by atoms with Gasteiger partial charge in [0, 0.05) is 30.9 Å². The molecule has 0 atom stereocenters. The van der Waals surface area contributed by atoms with Crippen LogP contribution in [0.2, 0.25) is 0 Å². The highest BCUT2D eigenvalue weighted by Crippen LogP contribution is 2.33. The van der Waals surface area contributed by atoms with Gasteiger partial charge in [-0.3, -0.25) is 14.5 Å². The van der Waals surface area contributed by atoms with E-state index in [4.69, 9.17) is 9.47 Å². The molecule has 1 heterocycles. The molecule has 6 rings (SSSR count). The zero-order valence-electron chi connectivity index (χ0n) is 24.9. The first-order chi connectivity index (χ1) is 21.5. The number of rotatable bonds is 9. The average molecular weight is 586 g/mol. The van der Waals surface area contributed by atoms with E-state index >= 15 is 0 Å². The molecule has 7 nitrogen and oxygen atoms in total. The second-order valence-electron chi connectivity index (χ2n) is 10.9. The van der Waals surface area contributed by atoms with Gasteiger partial charge in [0.05, 0.1) is 25.5 Å². The first kappa shape index (κ1) is 29.0. The second kappa shape index (κ2) is 13.0. The van der Waals surface area contributed by atoms with E-state index in [1.165, 1.54) is 16.7 Å². The van der Waals surface area contributed by atoms with E-state index in [1.807, 2.05) is 48.5 Å². The largest absolute Gasteiger partial charge is 0.493 e. The number of amides is 2. The Balaban J connectivity index is 1.07. The van der Waals surface area contributed by atoms with Gasteiger partial charge in [0.2, 0.25) is 0 Å². The van der Waals surface area contributed by atoms with Crippen LogP contribution in [0.25, 0.3) is 10.8 Å². The summed E-state index contributed by atoms with van der Waals surface area (Å²) in [5.41, 5.74) is 5.89. The molecule has 2 N–H and O–H groups in total. The minimum absolute atomic E-state index is 0.262. The summed E-state index contributed by atoms with van der Waals surface area (Å²) in [5, 5.41) is 7.77. The van der Waals surface area contributed by atoms with E-state index in [0.29, 0.717) is 22.5 Å². The molecule has 0 saturated heterocycles.